The van der Waals surface area contributed by atoms with Crippen LogP contribution in [0.5, 0.6) is 0 Å². The minimum absolute atomic E-state index is 0.111. The number of Topliss-reactive ketones (excluding diaryl/α,β-unsaturated/α-hetero) is 1. The topological polar surface area (TPSA) is 34.1 Å². The van der Waals surface area contributed by atoms with E-state index >= 15 is 0 Å². The summed E-state index contributed by atoms with van der Waals surface area (Å²) in [6, 6.07) is 0. The van der Waals surface area contributed by atoms with Crippen molar-refractivity contribution < 1.29 is 9.59 Å². The Morgan fingerprint density at radius 2 is 1.82 bits per heavy atom. The summed E-state index contributed by atoms with van der Waals surface area (Å²) >= 11 is 0. The van der Waals surface area contributed by atoms with Crippen LogP contribution >= 0.6 is 0 Å². The maximum Gasteiger partial charge on any atom is 0.160 e. The fourth-order valence-electron chi connectivity index (χ4n) is 3.32. The zero-order chi connectivity index (χ0) is 12.8. The van der Waals surface area contributed by atoms with Crippen LogP contribution in [0.1, 0.15) is 53.4 Å². The molecule has 0 spiro atoms. The number of hydrogen-bond acceptors (Lipinski definition) is 2. The Bertz CT molecular complexity index is 403. The van der Waals surface area contributed by atoms with Gasteiger partial charge in [-0.05, 0) is 24.3 Å². The molecule has 0 radical (unpaired) electrons. The minimum atomic E-state index is -0.126. The SMILES string of the molecule is C[C@H]1CC(=O)C([C@@]2(C)CCCC2(C)C)=CC1=O. The summed E-state index contributed by atoms with van der Waals surface area (Å²) in [4.78, 5) is 24.0. The largest absolute Gasteiger partial charge is 0.295 e. The van der Waals surface area contributed by atoms with Gasteiger partial charge in [-0.1, -0.05) is 34.1 Å². The lowest BCUT2D eigenvalue weighted by atomic mass is 9.62. The van der Waals surface area contributed by atoms with Crippen molar-refractivity contribution in [3.8, 4) is 0 Å². The Balaban J connectivity index is 2.43. The molecule has 0 aromatic carbocycles. The Kier molecular flexibility index (Phi) is 2.80. The second-order valence-corrected chi connectivity index (χ2v) is 6.56. The molecule has 0 N–H and O–H groups in total. The molecular weight excluding hydrogens is 212 g/mol. The van der Waals surface area contributed by atoms with Crippen molar-refractivity contribution in [3.63, 3.8) is 0 Å². The monoisotopic (exact) mass is 234 g/mol. The summed E-state index contributed by atoms with van der Waals surface area (Å²) in [6.45, 7) is 8.44. The molecule has 2 atom stereocenters. The molecule has 17 heavy (non-hydrogen) atoms. The first kappa shape index (κ1) is 12.5. The number of hydrogen-bond donors (Lipinski definition) is 0. The molecule has 0 unspecified atom stereocenters. The molecule has 0 heterocycles. The first-order chi connectivity index (χ1) is 7.78. The highest BCUT2D eigenvalue weighted by molar-refractivity contribution is 6.10. The van der Waals surface area contributed by atoms with E-state index in [9.17, 15) is 9.59 Å². The third kappa shape index (κ3) is 1.78. The van der Waals surface area contributed by atoms with Gasteiger partial charge in [0.2, 0.25) is 0 Å². The molecule has 2 nitrogen and oxygen atoms in total. The highest BCUT2D eigenvalue weighted by Gasteiger charge is 2.50. The zero-order valence-corrected chi connectivity index (χ0v) is 11.3. The lowest BCUT2D eigenvalue weighted by Crippen LogP contribution is -2.38. The van der Waals surface area contributed by atoms with Gasteiger partial charge in [0.25, 0.3) is 0 Å². The van der Waals surface area contributed by atoms with Gasteiger partial charge in [-0.3, -0.25) is 9.59 Å². The van der Waals surface area contributed by atoms with Gasteiger partial charge in [-0.15, -0.1) is 0 Å². The summed E-state index contributed by atoms with van der Waals surface area (Å²) in [5, 5.41) is 0. The standard InChI is InChI=1S/C15H22O2/c1-10-8-13(17)11(9-12(10)16)15(4)7-5-6-14(15,2)3/h9-10H,5-8H2,1-4H3/t10-,15+/m0/s1. The van der Waals surface area contributed by atoms with Crippen molar-refractivity contribution in [3.05, 3.63) is 11.6 Å². The molecule has 1 fully saturated rings. The van der Waals surface area contributed by atoms with E-state index in [0.29, 0.717) is 6.42 Å². The molecule has 94 valence electrons. The summed E-state index contributed by atoms with van der Waals surface area (Å²) in [6.07, 6.45) is 5.36. The van der Waals surface area contributed by atoms with Crippen LogP contribution in [0.25, 0.3) is 0 Å². The number of carbonyl (C=O) groups is 2. The van der Waals surface area contributed by atoms with E-state index < -0.39 is 0 Å². The Hall–Kier alpha value is -0.920. The third-order valence-corrected chi connectivity index (χ3v) is 5.13. The van der Waals surface area contributed by atoms with E-state index in [1.165, 1.54) is 0 Å². The highest BCUT2D eigenvalue weighted by Crippen LogP contribution is 2.57. The van der Waals surface area contributed by atoms with E-state index in [1.807, 2.05) is 6.92 Å². The highest BCUT2D eigenvalue weighted by atomic mass is 16.1. The van der Waals surface area contributed by atoms with Gasteiger partial charge in [-0.25, -0.2) is 0 Å². The Morgan fingerprint density at radius 3 is 2.35 bits per heavy atom. The van der Waals surface area contributed by atoms with Crippen molar-refractivity contribution in [2.24, 2.45) is 16.7 Å². The molecule has 2 aliphatic rings. The van der Waals surface area contributed by atoms with Gasteiger partial charge in [0.15, 0.2) is 11.6 Å². The summed E-state index contributed by atoms with van der Waals surface area (Å²) in [7, 11) is 0. The lowest BCUT2D eigenvalue weighted by molar-refractivity contribution is -0.126. The molecule has 0 aliphatic heterocycles. The van der Waals surface area contributed by atoms with Gasteiger partial charge in [0.05, 0.1) is 0 Å². The molecule has 0 bridgehead atoms. The maximum absolute atomic E-state index is 12.2. The minimum Gasteiger partial charge on any atom is -0.295 e. The van der Waals surface area contributed by atoms with Crippen molar-refractivity contribution >= 4 is 11.6 Å². The molecule has 2 aliphatic carbocycles. The van der Waals surface area contributed by atoms with Crippen molar-refractivity contribution in [1.82, 2.24) is 0 Å². The Morgan fingerprint density at radius 1 is 1.18 bits per heavy atom. The summed E-state index contributed by atoms with van der Waals surface area (Å²) in [5.41, 5.74) is 0.804. The van der Waals surface area contributed by atoms with Crippen LogP contribution in [-0.2, 0) is 9.59 Å². The third-order valence-electron chi connectivity index (χ3n) is 5.13. The van der Waals surface area contributed by atoms with Crippen LogP contribution in [-0.4, -0.2) is 11.6 Å². The van der Waals surface area contributed by atoms with Crippen LogP contribution < -0.4 is 0 Å². The van der Waals surface area contributed by atoms with Crippen molar-refractivity contribution in [1.29, 1.82) is 0 Å². The lowest BCUT2D eigenvalue weighted by Gasteiger charge is -2.41. The van der Waals surface area contributed by atoms with Gasteiger partial charge in [0, 0.05) is 23.3 Å². The molecule has 0 saturated heterocycles. The molecule has 0 amide bonds. The second-order valence-electron chi connectivity index (χ2n) is 6.56. The average molecular weight is 234 g/mol. The predicted octanol–water partition coefficient (Wildman–Crippen LogP) is 3.31. The number of rotatable bonds is 1. The van der Waals surface area contributed by atoms with Crippen LogP contribution in [0, 0.1) is 16.7 Å². The van der Waals surface area contributed by atoms with Crippen LogP contribution in [0.3, 0.4) is 0 Å². The number of carbonyl (C=O) groups excluding carboxylic acids is 2. The van der Waals surface area contributed by atoms with Crippen LogP contribution in [0.2, 0.25) is 0 Å². The van der Waals surface area contributed by atoms with Gasteiger partial charge >= 0.3 is 0 Å². The van der Waals surface area contributed by atoms with E-state index in [2.05, 4.69) is 20.8 Å². The quantitative estimate of drug-likeness (QED) is 0.697. The van der Waals surface area contributed by atoms with E-state index in [4.69, 9.17) is 0 Å². The fourth-order valence-corrected chi connectivity index (χ4v) is 3.32. The van der Waals surface area contributed by atoms with Gasteiger partial charge in [-0.2, -0.15) is 0 Å². The second kappa shape index (κ2) is 3.79. The van der Waals surface area contributed by atoms with Crippen LogP contribution in [0.15, 0.2) is 11.6 Å². The normalized spacial score (nSPS) is 37.2. The smallest absolute Gasteiger partial charge is 0.160 e. The van der Waals surface area contributed by atoms with E-state index in [0.717, 1.165) is 24.8 Å². The molecule has 1 saturated carbocycles. The number of ketones is 2. The molecule has 0 aromatic heterocycles. The average Bonchev–Trinajstić information content (AvgIpc) is 2.48. The van der Waals surface area contributed by atoms with Gasteiger partial charge < -0.3 is 0 Å². The summed E-state index contributed by atoms with van der Waals surface area (Å²) in [5.74, 6) is 0.192. The predicted molar refractivity (Wildman–Crippen MR) is 67.6 cm³/mol. The summed E-state index contributed by atoms with van der Waals surface area (Å²) < 4.78 is 0. The molecule has 2 heteroatoms. The van der Waals surface area contributed by atoms with Gasteiger partial charge in [0.1, 0.15) is 0 Å². The zero-order valence-electron chi connectivity index (χ0n) is 11.3. The van der Waals surface area contributed by atoms with Crippen molar-refractivity contribution in [2.45, 2.75) is 53.4 Å². The molecule has 2 rings (SSSR count). The van der Waals surface area contributed by atoms with Crippen LogP contribution in [0.4, 0.5) is 0 Å². The number of allylic oxidation sites excluding steroid dienone is 2. The molecule has 0 aromatic rings. The van der Waals surface area contributed by atoms with E-state index in [1.54, 1.807) is 6.08 Å². The first-order valence-corrected chi connectivity index (χ1v) is 6.57. The van der Waals surface area contributed by atoms with Crippen molar-refractivity contribution in [2.75, 3.05) is 0 Å². The first-order valence-electron chi connectivity index (χ1n) is 6.57. The fraction of sp³-hybridized carbons (Fsp3) is 0.733. The Labute approximate surface area is 103 Å². The molecular formula is C15H22O2. The maximum atomic E-state index is 12.2. The van der Waals surface area contributed by atoms with E-state index in [-0.39, 0.29) is 28.3 Å².